The fraction of sp³-hybridized carbons (Fsp3) is 0.125. The van der Waals surface area contributed by atoms with Gasteiger partial charge in [-0.15, -0.1) is 0 Å². The van der Waals surface area contributed by atoms with Crippen LogP contribution in [0.1, 0.15) is 17.2 Å². The molecule has 3 rings (SSSR count). The van der Waals surface area contributed by atoms with Crippen molar-refractivity contribution in [1.82, 2.24) is 4.98 Å². The minimum absolute atomic E-state index is 0.457. The zero-order valence-electron chi connectivity index (χ0n) is 11.3. The molecule has 0 amide bonds. The molecule has 0 radical (unpaired) electrons. The predicted octanol–water partition coefficient (Wildman–Crippen LogP) is 2.98. The minimum atomic E-state index is -0.947. The zero-order valence-corrected chi connectivity index (χ0v) is 11.3. The Balaban J connectivity index is 1.90. The van der Waals surface area contributed by atoms with Crippen LogP contribution < -0.4 is 0 Å². The SMILES string of the molecule is Cc1ccnc(-c2ccc(C3OC(=O)C(O)=C3O)cc2)c1. The lowest BCUT2D eigenvalue weighted by Gasteiger charge is -2.11. The van der Waals surface area contributed by atoms with Crippen molar-refractivity contribution >= 4 is 5.97 Å². The number of esters is 1. The maximum Gasteiger partial charge on any atom is 0.378 e. The Bertz CT molecular complexity index is 734. The molecule has 0 aliphatic carbocycles. The summed E-state index contributed by atoms with van der Waals surface area (Å²) in [6.45, 7) is 1.99. The van der Waals surface area contributed by atoms with E-state index in [2.05, 4.69) is 4.98 Å². The van der Waals surface area contributed by atoms with Crippen LogP contribution in [0.25, 0.3) is 11.3 Å². The first-order chi connectivity index (χ1) is 10.1. The number of carbonyl (C=O) groups is 1. The van der Waals surface area contributed by atoms with E-state index in [-0.39, 0.29) is 0 Å². The predicted molar refractivity (Wildman–Crippen MR) is 75.5 cm³/mol. The van der Waals surface area contributed by atoms with E-state index in [1.165, 1.54) is 0 Å². The molecule has 5 nitrogen and oxygen atoms in total. The van der Waals surface area contributed by atoms with Crippen LogP contribution in [0, 0.1) is 6.92 Å². The number of nitrogens with zero attached hydrogens (tertiary/aromatic N) is 1. The van der Waals surface area contributed by atoms with Crippen molar-refractivity contribution in [2.75, 3.05) is 0 Å². The summed E-state index contributed by atoms with van der Waals surface area (Å²) in [5.74, 6) is -2.10. The molecule has 2 aromatic rings. The number of pyridine rings is 1. The molecule has 0 saturated heterocycles. The Kier molecular flexibility index (Phi) is 3.10. The first kappa shape index (κ1) is 13.2. The molecule has 1 aliphatic rings. The fourth-order valence-corrected chi connectivity index (χ4v) is 2.20. The summed E-state index contributed by atoms with van der Waals surface area (Å²) in [6.07, 6.45) is 0.793. The van der Waals surface area contributed by atoms with Gasteiger partial charge in [-0.1, -0.05) is 24.3 Å². The van der Waals surface area contributed by atoms with E-state index in [0.29, 0.717) is 5.56 Å². The van der Waals surface area contributed by atoms with E-state index >= 15 is 0 Å². The number of aryl methyl sites for hydroxylation is 1. The molecule has 1 aromatic heterocycles. The highest BCUT2D eigenvalue weighted by Crippen LogP contribution is 2.33. The number of cyclic esters (lactones) is 1. The highest BCUT2D eigenvalue weighted by atomic mass is 16.6. The van der Waals surface area contributed by atoms with Gasteiger partial charge in [0.1, 0.15) is 0 Å². The summed E-state index contributed by atoms with van der Waals surface area (Å²) < 4.78 is 4.91. The molecule has 2 heterocycles. The lowest BCUT2D eigenvalue weighted by molar-refractivity contribution is -0.142. The standard InChI is InChI=1S/C16H13NO4/c1-9-6-7-17-12(8-9)10-2-4-11(5-3-10)15-13(18)14(19)16(20)21-15/h2-8,15,18-19H,1H3. The average Bonchev–Trinajstić information content (AvgIpc) is 2.75. The van der Waals surface area contributed by atoms with Gasteiger partial charge in [0.15, 0.2) is 11.9 Å². The molecule has 21 heavy (non-hydrogen) atoms. The summed E-state index contributed by atoms with van der Waals surface area (Å²) in [7, 11) is 0. The van der Waals surface area contributed by atoms with E-state index in [9.17, 15) is 15.0 Å². The van der Waals surface area contributed by atoms with Gasteiger partial charge in [-0.25, -0.2) is 4.79 Å². The van der Waals surface area contributed by atoms with Crippen LogP contribution in [0.5, 0.6) is 0 Å². The van der Waals surface area contributed by atoms with Gasteiger partial charge in [0.25, 0.3) is 0 Å². The van der Waals surface area contributed by atoms with Crippen molar-refractivity contribution < 1.29 is 19.7 Å². The lowest BCUT2D eigenvalue weighted by Crippen LogP contribution is -2.03. The van der Waals surface area contributed by atoms with Gasteiger partial charge < -0.3 is 14.9 Å². The molecular formula is C16H13NO4. The zero-order chi connectivity index (χ0) is 15.0. The molecule has 0 saturated carbocycles. The summed E-state index contributed by atoms with van der Waals surface area (Å²) in [5.41, 5.74) is 3.45. The second-order valence-corrected chi connectivity index (χ2v) is 4.86. The normalized spacial score (nSPS) is 18.0. The Hall–Kier alpha value is -2.82. The molecule has 2 N–H and O–H groups in total. The summed E-state index contributed by atoms with van der Waals surface area (Å²) in [6, 6.07) is 11.0. The van der Waals surface area contributed by atoms with Crippen LogP contribution >= 0.6 is 0 Å². The quantitative estimate of drug-likeness (QED) is 0.828. The number of aliphatic hydroxyl groups excluding tert-OH is 2. The Morgan fingerprint density at radius 1 is 1.14 bits per heavy atom. The van der Waals surface area contributed by atoms with Crippen molar-refractivity contribution in [3.05, 3.63) is 65.2 Å². The second kappa shape index (κ2) is 4.94. The molecule has 1 unspecified atom stereocenters. The number of aliphatic hydroxyl groups is 2. The Morgan fingerprint density at radius 2 is 1.86 bits per heavy atom. The number of benzene rings is 1. The van der Waals surface area contributed by atoms with Crippen LogP contribution in [0.15, 0.2) is 54.1 Å². The number of hydrogen-bond donors (Lipinski definition) is 2. The van der Waals surface area contributed by atoms with Crippen LogP contribution in [-0.2, 0) is 9.53 Å². The van der Waals surface area contributed by atoms with Crippen LogP contribution in [0.4, 0.5) is 0 Å². The van der Waals surface area contributed by atoms with E-state index in [1.54, 1.807) is 18.3 Å². The summed E-state index contributed by atoms with van der Waals surface area (Å²) in [5, 5.41) is 19.0. The third-order valence-electron chi connectivity index (χ3n) is 3.33. The molecule has 0 spiro atoms. The third kappa shape index (κ3) is 2.33. The monoisotopic (exact) mass is 283 g/mol. The number of aromatic nitrogens is 1. The third-order valence-corrected chi connectivity index (χ3v) is 3.33. The van der Waals surface area contributed by atoms with Crippen LogP contribution in [0.2, 0.25) is 0 Å². The highest BCUT2D eigenvalue weighted by Gasteiger charge is 2.35. The van der Waals surface area contributed by atoms with Crippen molar-refractivity contribution in [1.29, 1.82) is 0 Å². The topological polar surface area (TPSA) is 79.7 Å². The Morgan fingerprint density at radius 3 is 2.43 bits per heavy atom. The highest BCUT2D eigenvalue weighted by molar-refractivity contribution is 5.89. The lowest BCUT2D eigenvalue weighted by atomic mass is 10.0. The van der Waals surface area contributed by atoms with Crippen molar-refractivity contribution in [3.63, 3.8) is 0 Å². The molecule has 5 heteroatoms. The minimum Gasteiger partial charge on any atom is -0.505 e. The number of ether oxygens (including phenoxy) is 1. The van der Waals surface area contributed by atoms with E-state index in [1.807, 2.05) is 31.2 Å². The summed E-state index contributed by atoms with van der Waals surface area (Å²) in [4.78, 5) is 15.5. The smallest absolute Gasteiger partial charge is 0.378 e. The molecule has 0 fully saturated rings. The van der Waals surface area contributed by atoms with E-state index in [4.69, 9.17) is 4.74 Å². The fourth-order valence-electron chi connectivity index (χ4n) is 2.20. The van der Waals surface area contributed by atoms with E-state index < -0.39 is 23.6 Å². The molecule has 1 aromatic carbocycles. The van der Waals surface area contributed by atoms with Gasteiger partial charge in [0.05, 0.1) is 5.69 Å². The van der Waals surface area contributed by atoms with E-state index in [0.717, 1.165) is 16.8 Å². The molecule has 1 atom stereocenters. The number of rotatable bonds is 2. The van der Waals surface area contributed by atoms with Crippen LogP contribution in [-0.4, -0.2) is 21.2 Å². The van der Waals surface area contributed by atoms with Gasteiger partial charge in [0, 0.05) is 17.3 Å². The summed E-state index contributed by atoms with van der Waals surface area (Å²) >= 11 is 0. The average molecular weight is 283 g/mol. The second-order valence-electron chi connectivity index (χ2n) is 4.86. The van der Waals surface area contributed by atoms with Crippen LogP contribution in [0.3, 0.4) is 0 Å². The van der Waals surface area contributed by atoms with Gasteiger partial charge in [-0.2, -0.15) is 0 Å². The molecule has 0 bridgehead atoms. The van der Waals surface area contributed by atoms with Gasteiger partial charge >= 0.3 is 5.97 Å². The Labute approximate surface area is 121 Å². The largest absolute Gasteiger partial charge is 0.505 e. The number of carbonyl (C=O) groups excluding carboxylic acids is 1. The maximum absolute atomic E-state index is 11.2. The van der Waals surface area contributed by atoms with Gasteiger partial charge in [-0.05, 0) is 24.6 Å². The molecule has 1 aliphatic heterocycles. The van der Waals surface area contributed by atoms with Crippen molar-refractivity contribution in [3.8, 4) is 11.3 Å². The van der Waals surface area contributed by atoms with Crippen molar-refractivity contribution in [2.24, 2.45) is 0 Å². The first-order valence-electron chi connectivity index (χ1n) is 6.42. The van der Waals surface area contributed by atoms with Gasteiger partial charge in [-0.3, -0.25) is 4.98 Å². The molecular weight excluding hydrogens is 270 g/mol. The van der Waals surface area contributed by atoms with Gasteiger partial charge in [0.2, 0.25) is 5.76 Å². The maximum atomic E-state index is 11.2. The number of hydrogen-bond acceptors (Lipinski definition) is 5. The van der Waals surface area contributed by atoms with Crippen molar-refractivity contribution in [2.45, 2.75) is 13.0 Å². The molecule has 106 valence electrons. The first-order valence-corrected chi connectivity index (χ1v) is 6.42.